The van der Waals surface area contributed by atoms with Crippen molar-refractivity contribution in [2.45, 2.75) is 12.3 Å². The quantitative estimate of drug-likeness (QED) is 0.677. The molecule has 29 heavy (non-hydrogen) atoms. The molecule has 2 heterocycles. The molecule has 1 aromatic heterocycles. The van der Waals surface area contributed by atoms with Crippen LogP contribution in [-0.4, -0.2) is 30.0 Å². The molecule has 0 spiro atoms. The number of carbonyl (C=O) groups excluding carboxylic acids is 2. The number of halogens is 3. The Kier molecular flexibility index (Phi) is 4.37. The average Bonchev–Trinajstić information content (AvgIpc) is 3.08. The zero-order valence-corrected chi connectivity index (χ0v) is 14.7. The third-order valence-electron chi connectivity index (χ3n) is 4.65. The Hall–Kier alpha value is -3.62. The summed E-state index contributed by atoms with van der Waals surface area (Å²) in [6.07, 6.45) is -5.67. The first-order valence-corrected chi connectivity index (χ1v) is 8.55. The number of carbonyl (C=O) groups is 2. The van der Waals surface area contributed by atoms with Crippen molar-refractivity contribution in [3.05, 3.63) is 64.4 Å². The molecule has 148 valence electrons. The van der Waals surface area contributed by atoms with Crippen molar-refractivity contribution in [2.75, 3.05) is 11.4 Å². The van der Waals surface area contributed by atoms with Gasteiger partial charge in [0, 0.05) is 22.3 Å². The lowest BCUT2D eigenvalue weighted by Crippen LogP contribution is -2.25. The van der Waals surface area contributed by atoms with Crippen molar-refractivity contribution >= 4 is 28.8 Å². The summed E-state index contributed by atoms with van der Waals surface area (Å²) in [7, 11) is 0. The summed E-state index contributed by atoms with van der Waals surface area (Å²) < 4.78 is 44.8. The summed E-state index contributed by atoms with van der Waals surface area (Å²) in [6.45, 7) is 0.0167. The molecule has 0 bridgehead atoms. The molecule has 1 amide bonds. The molecule has 1 aliphatic heterocycles. The maximum Gasteiger partial charge on any atom is 0.417 e. The molecule has 0 radical (unpaired) electrons. The maximum absolute atomic E-state index is 13.3. The van der Waals surface area contributed by atoms with Crippen molar-refractivity contribution in [1.82, 2.24) is 4.98 Å². The van der Waals surface area contributed by atoms with Crippen LogP contribution in [0.15, 0.2) is 53.3 Å². The number of rotatable bonds is 3. The summed E-state index contributed by atoms with van der Waals surface area (Å²) >= 11 is 0. The van der Waals surface area contributed by atoms with Crippen LogP contribution in [0.2, 0.25) is 0 Å². The molecule has 9 heteroatoms. The molecule has 3 aromatic rings. The highest BCUT2D eigenvalue weighted by atomic mass is 19.4. The van der Waals surface area contributed by atoms with Gasteiger partial charge in [-0.25, -0.2) is 4.79 Å². The van der Waals surface area contributed by atoms with Crippen LogP contribution in [0, 0.1) is 0 Å². The fourth-order valence-electron chi connectivity index (χ4n) is 3.29. The number of cyclic esters (lactones) is 1. The molecule has 1 fully saturated rings. The highest BCUT2D eigenvalue weighted by molar-refractivity contribution is 5.96. The first-order valence-electron chi connectivity index (χ1n) is 8.55. The van der Waals surface area contributed by atoms with Gasteiger partial charge in [-0.15, -0.1) is 0 Å². The number of pyridine rings is 1. The fraction of sp³-hybridized carbons (Fsp3) is 0.150. The van der Waals surface area contributed by atoms with E-state index in [2.05, 4.69) is 4.98 Å². The number of nitrogens with zero attached hydrogens (tertiary/aromatic N) is 1. The predicted octanol–water partition coefficient (Wildman–Crippen LogP) is 3.74. The van der Waals surface area contributed by atoms with Crippen LogP contribution in [0.3, 0.4) is 0 Å². The molecule has 1 atom stereocenters. The Bertz CT molecular complexity index is 1190. The lowest BCUT2D eigenvalue weighted by atomic mass is 10.0. The summed E-state index contributed by atoms with van der Waals surface area (Å²) in [5.74, 6) is 0. The van der Waals surface area contributed by atoms with Crippen LogP contribution in [0.5, 0.6) is 0 Å². The third kappa shape index (κ3) is 3.35. The standard InChI is InChI=1S/C20H13F3N2O4/c21-20(22,23)16-4-2-1-3-14(16)17-7-11-5-6-12(8-15(11)18(27)24-17)25-9-13(10-26)29-19(25)28/h1-8,10,13H,9H2,(H,24,27)/t13-/m1/s1. The molecule has 1 saturated heterocycles. The van der Waals surface area contributed by atoms with Crippen molar-refractivity contribution in [3.63, 3.8) is 0 Å². The zero-order chi connectivity index (χ0) is 20.8. The number of amides is 1. The second kappa shape index (κ2) is 6.77. The third-order valence-corrected chi connectivity index (χ3v) is 4.65. The van der Waals surface area contributed by atoms with E-state index in [1.807, 2.05) is 0 Å². The normalized spacial score (nSPS) is 16.9. The fourth-order valence-corrected chi connectivity index (χ4v) is 3.29. The van der Waals surface area contributed by atoms with Crippen molar-refractivity contribution in [2.24, 2.45) is 0 Å². The number of aromatic nitrogens is 1. The van der Waals surface area contributed by atoms with Crippen molar-refractivity contribution < 1.29 is 27.5 Å². The second-order valence-electron chi connectivity index (χ2n) is 6.50. The Morgan fingerprint density at radius 1 is 1.10 bits per heavy atom. The minimum Gasteiger partial charge on any atom is -0.436 e. The van der Waals surface area contributed by atoms with E-state index >= 15 is 0 Å². The smallest absolute Gasteiger partial charge is 0.417 e. The Labute approximate surface area is 161 Å². The number of anilines is 1. The first-order chi connectivity index (χ1) is 13.8. The van der Waals surface area contributed by atoms with Gasteiger partial charge in [0.1, 0.15) is 0 Å². The maximum atomic E-state index is 13.3. The van der Waals surface area contributed by atoms with Gasteiger partial charge in [0.05, 0.1) is 12.1 Å². The van der Waals surface area contributed by atoms with Crippen molar-refractivity contribution in [1.29, 1.82) is 0 Å². The van der Waals surface area contributed by atoms with E-state index in [1.165, 1.54) is 47.4 Å². The molecular formula is C20H13F3N2O4. The van der Waals surface area contributed by atoms with Gasteiger partial charge in [-0.2, -0.15) is 13.2 Å². The van der Waals surface area contributed by atoms with Crippen molar-refractivity contribution in [3.8, 4) is 11.3 Å². The van der Waals surface area contributed by atoms with Gasteiger partial charge < -0.3 is 9.72 Å². The SMILES string of the molecule is O=C[C@H]1CN(c2ccc3cc(-c4ccccc4C(F)(F)F)[nH]c(=O)c3c2)C(=O)O1. The van der Waals surface area contributed by atoms with Gasteiger partial charge >= 0.3 is 12.3 Å². The van der Waals surface area contributed by atoms with Crippen LogP contribution in [-0.2, 0) is 15.7 Å². The van der Waals surface area contributed by atoms with Crippen LogP contribution in [0.4, 0.5) is 23.7 Å². The number of hydrogen-bond donors (Lipinski definition) is 1. The van der Waals surface area contributed by atoms with E-state index in [0.717, 1.165) is 6.07 Å². The Balaban J connectivity index is 1.80. The average molecular weight is 402 g/mol. The second-order valence-corrected chi connectivity index (χ2v) is 6.50. The topological polar surface area (TPSA) is 79.5 Å². The number of ether oxygens (including phenoxy) is 1. The van der Waals surface area contributed by atoms with E-state index in [4.69, 9.17) is 4.74 Å². The molecule has 0 saturated carbocycles. The molecule has 0 aliphatic carbocycles. The summed E-state index contributed by atoms with van der Waals surface area (Å²) in [5, 5.41) is 0.599. The van der Waals surface area contributed by atoms with Gasteiger partial charge in [0.25, 0.3) is 5.56 Å². The zero-order valence-electron chi connectivity index (χ0n) is 14.7. The van der Waals surface area contributed by atoms with Crippen LogP contribution in [0.1, 0.15) is 5.56 Å². The Morgan fingerprint density at radius 2 is 1.86 bits per heavy atom. The van der Waals surface area contributed by atoms with Gasteiger partial charge in [-0.1, -0.05) is 24.3 Å². The number of hydrogen-bond acceptors (Lipinski definition) is 4. The van der Waals surface area contributed by atoms with Gasteiger partial charge in [0.2, 0.25) is 0 Å². The minimum atomic E-state index is -4.57. The highest BCUT2D eigenvalue weighted by Gasteiger charge is 2.34. The number of fused-ring (bicyclic) bond motifs is 1. The monoisotopic (exact) mass is 402 g/mol. The summed E-state index contributed by atoms with van der Waals surface area (Å²) in [5.41, 5.74) is -1.22. The molecule has 1 aliphatic rings. The first kappa shape index (κ1) is 18.7. The van der Waals surface area contributed by atoms with Gasteiger partial charge in [-0.3, -0.25) is 14.5 Å². The Morgan fingerprint density at radius 3 is 2.55 bits per heavy atom. The molecule has 1 N–H and O–H groups in total. The van der Waals surface area contributed by atoms with E-state index in [0.29, 0.717) is 17.4 Å². The van der Waals surface area contributed by atoms with Crippen LogP contribution < -0.4 is 10.5 Å². The largest absolute Gasteiger partial charge is 0.436 e. The molecule has 4 rings (SSSR count). The number of H-pyrrole nitrogens is 1. The van der Waals surface area contributed by atoms with E-state index < -0.39 is 29.5 Å². The van der Waals surface area contributed by atoms with Gasteiger partial charge in [-0.05, 0) is 29.7 Å². The summed E-state index contributed by atoms with van der Waals surface area (Å²) in [4.78, 5) is 39.0. The number of aromatic amines is 1. The lowest BCUT2D eigenvalue weighted by Gasteiger charge is -2.15. The highest BCUT2D eigenvalue weighted by Crippen LogP contribution is 2.36. The summed E-state index contributed by atoms with van der Waals surface area (Å²) in [6, 6.07) is 10.9. The van der Waals surface area contributed by atoms with E-state index in [-0.39, 0.29) is 23.2 Å². The number of alkyl halides is 3. The van der Waals surface area contributed by atoms with Gasteiger partial charge in [0.15, 0.2) is 12.4 Å². The van der Waals surface area contributed by atoms with E-state index in [1.54, 1.807) is 0 Å². The van der Waals surface area contributed by atoms with E-state index in [9.17, 15) is 27.6 Å². The molecule has 0 unspecified atom stereocenters. The molecule has 2 aromatic carbocycles. The minimum absolute atomic E-state index is 0.0167. The van der Waals surface area contributed by atoms with Crippen LogP contribution in [0.25, 0.3) is 22.0 Å². The number of nitrogens with one attached hydrogen (secondary N) is 1. The van der Waals surface area contributed by atoms with Crippen LogP contribution >= 0.6 is 0 Å². The number of aldehydes is 1. The number of benzene rings is 2. The predicted molar refractivity (Wildman–Crippen MR) is 98.7 cm³/mol. The molecule has 6 nitrogen and oxygen atoms in total. The lowest BCUT2D eigenvalue weighted by molar-refractivity contribution is -0.137. The molecular weight excluding hydrogens is 389 g/mol.